The highest BCUT2D eigenvalue weighted by Gasteiger charge is 2.22. The molecule has 13 heavy (non-hydrogen) atoms. The molecule has 0 saturated carbocycles. The van der Waals surface area contributed by atoms with E-state index >= 15 is 0 Å². The highest BCUT2D eigenvalue weighted by molar-refractivity contribution is 4.83. The molecule has 0 fully saturated rings. The van der Waals surface area contributed by atoms with Crippen molar-refractivity contribution >= 4 is 0 Å². The maximum atomic E-state index is 8.72. The fourth-order valence-corrected chi connectivity index (χ4v) is 1.74. The highest BCUT2D eigenvalue weighted by Crippen LogP contribution is 2.21. The molecule has 0 atom stereocenters. The number of aliphatic hydroxyl groups is 2. The summed E-state index contributed by atoms with van der Waals surface area (Å²) in [4.78, 5) is 0. The summed E-state index contributed by atoms with van der Waals surface area (Å²) >= 11 is 0. The lowest BCUT2D eigenvalue weighted by atomic mass is 9.85. The Balaban J connectivity index is 3.84. The average molecular weight is 189 g/mol. The monoisotopic (exact) mass is 189 g/mol. The standard InChI is InChI=1S/C10H23NO2/c1-2-5-10(11,6-3-8-12)7-4-9-13/h12-13H,2-9,11H2,1H3. The average Bonchev–Trinajstić information content (AvgIpc) is 2.12. The molecule has 0 spiro atoms. The predicted molar refractivity (Wildman–Crippen MR) is 54.5 cm³/mol. The van der Waals surface area contributed by atoms with Crippen molar-refractivity contribution in [2.24, 2.45) is 5.73 Å². The Labute approximate surface area is 81.0 Å². The normalized spacial score (nSPS) is 12.0. The Morgan fingerprint density at radius 3 is 1.77 bits per heavy atom. The Morgan fingerprint density at radius 1 is 1.00 bits per heavy atom. The topological polar surface area (TPSA) is 66.5 Å². The second kappa shape index (κ2) is 7.30. The Morgan fingerprint density at radius 2 is 1.46 bits per heavy atom. The highest BCUT2D eigenvalue weighted by atomic mass is 16.3. The third-order valence-corrected chi connectivity index (χ3v) is 2.41. The van der Waals surface area contributed by atoms with Crippen LogP contribution in [0, 0.1) is 0 Å². The van der Waals surface area contributed by atoms with Crippen LogP contribution in [-0.2, 0) is 0 Å². The van der Waals surface area contributed by atoms with Crippen molar-refractivity contribution in [1.29, 1.82) is 0 Å². The third kappa shape index (κ3) is 6.02. The van der Waals surface area contributed by atoms with Gasteiger partial charge in [0.25, 0.3) is 0 Å². The molecule has 0 saturated heterocycles. The molecule has 0 unspecified atom stereocenters. The van der Waals surface area contributed by atoms with E-state index in [1.165, 1.54) is 0 Å². The number of nitrogens with two attached hydrogens (primary N) is 1. The number of aliphatic hydroxyl groups excluding tert-OH is 2. The molecule has 0 bridgehead atoms. The summed E-state index contributed by atoms with van der Waals surface area (Å²) in [5.74, 6) is 0. The molecule has 0 heterocycles. The summed E-state index contributed by atoms with van der Waals surface area (Å²) in [6, 6.07) is 0. The van der Waals surface area contributed by atoms with Gasteiger partial charge in [0.1, 0.15) is 0 Å². The minimum absolute atomic E-state index is 0.166. The van der Waals surface area contributed by atoms with Gasteiger partial charge in [-0.25, -0.2) is 0 Å². The Bertz CT molecular complexity index is 109. The first kappa shape index (κ1) is 12.9. The molecule has 0 aromatic heterocycles. The number of hydrogen-bond donors (Lipinski definition) is 3. The van der Waals surface area contributed by atoms with E-state index in [-0.39, 0.29) is 18.8 Å². The summed E-state index contributed by atoms with van der Waals surface area (Å²) in [5.41, 5.74) is 5.99. The van der Waals surface area contributed by atoms with Gasteiger partial charge in [-0.05, 0) is 32.1 Å². The molecule has 0 aliphatic carbocycles. The molecule has 3 nitrogen and oxygen atoms in total. The fourth-order valence-electron chi connectivity index (χ4n) is 1.74. The van der Waals surface area contributed by atoms with E-state index in [1.807, 2.05) is 0 Å². The summed E-state index contributed by atoms with van der Waals surface area (Å²) < 4.78 is 0. The van der Waals surface area contributed by atoms with Gasteiger partial charge in [-0.2, -0.15) is 0 Å². The maximum absolute atomic E-state index is 8.72. The molecule has 0 aromatic rings. The first-order chi connectivity index (χ1) is 6.18. The van der Waals surface area contributed by atoms with Crippen molar-refractivity contribution in [3.05, 3.63) is 0 Å². The predicted octanol–water partition coefficient (Wildman–Crippen LogP) is 1.03. The minimum atomic E-state index is -0.166. The number of hydrogen-bond acceptors (Lipinski definition) is 3. The molecule has 0 aromatic carbocycles. The SMILES string of the molecule is CCCC(N)(CCCO)CCCO. The zero-order chi connectivity index (χ0) is 10.2. The minimum Gasteiger partial charge on any atom is -0.396 e. The van der Waals surface area contributed by atoms with Crippen molar-refractivity contribution in [1.82, 2.24) is 0 Å². The zero-order valence-corrected chi connectivity index (χ0v) is 8.63. The molecule has 0 rings (SSSR count). The van der Waals surface area contributed by atoms with Crippen molar-refractivity contribution in [2.45, 2.75) is 51.0 Å². The van der Waals surface area contributed by atoms with Crippen molar-refractivity contribution in [3.8, 4) is 0 Å². The van der Waals surface area contributed by atoms with Crippen molar-refractivity contribution in [3.63, 3.8) is 0 Å². The molecule has 0 amide bonds. The van der Waals surface area contributed by atoms with Gasteiger partial charge >= 0.3 is 0 Å². The smallest absolute Gasteiger partial charge is 0.0431 e. The van der Waals surface area contributed by atoms with E-state index in [4.69, 9.17) is 15.9 Å². The summed E-state index contributed by atoms with van der Waals surface area (Å²) in [7, 11) is 0. The molecule has 0 radical (unpaired) electrons. The Hall–Kier alpha value is -0.120. The van der Waals surface area contributed by atoms with E-state index < -0.39 is 0 Å². The molecular formula is C10H23NO2. The van der Waals surface area contributed by atoms with E-state index in [2.05, 4.69) is 6.92 Å². The van der Waals surface area contributed by atoms with Gasteiger partial charge in [0.2, 0.25) is 0 Å². The summed E-state index contributed by atoms with van der Waals surface area (Å²) in [5, 5.41) is 17.4. The van der Waals surface area contributed by atoms with Crippen LogP contribution >= 0.6 is 0 Å². The van der Waals surface area contributed by atoms with Crippen LogP contribution in [0.4, 0.5) is 0 Å². The lowest BCUT2D eigenvalue weighted by molar-refractivity contribution is 0.224. The summed E-state index contributed by atoms with van der Waals surface area (Å²) in [6.45, 7) is 2.53. The first-order valence-corrected chi connectivity index (χ1v) is 5.19. The number of rotatable bonds is 8. The van der Waals surface area contributed by atoms with Crippen LogP contribution in [-0.4, -0.2) is 29.0 Å². The van der Waals surface area contributed by atoms with Gasteiger partial charge < -0.3 is 15.9 Å². The third-order valence-electron chi connectivity index (χ3n) is 2.41. The molecule has 0 aliphatic heterocycles. The largest absolute Gasteiger partial charge is 0.396 e. The maximum Gasteiger partial charge on any atom is 0.0431 e. The van der Waals surface area contributed by atoms with Crippen molar-refractivity contribution < 1.29 is 10.2 Å². The van der Waals surface area contributed by atoms with Crippen LogP contribution in [0.2, 0.25) is 0 Å². The second-order valence-corrected chi connectivity index (χ2v) is 3.77. The molecule has 80 valence electrons. The lowest BCUT2D eigenvalue weighted by Gasteiger charge is -2.29. The summed E-state index contributed by atoms with van der Waals surface area (Å²) in [6.07, 6.45) is 5.29. The van der Waals surface area contributed by atoms with E-state index in [1.54, 1.807) is 0 Å². The van der Waals surface area contributed by atoms with Crippen molar-refractivity contribution in [2.75, 3.05) is 13.2 Å². The van der Waals surface area contributed by atoms with Crippen LogP contribution in [0.5, 0.6) is 0 Å². The van der Waals surface area contributed by atoms with Gasteiger partial charge in [-0.3, -0.25) is 0 Å². The second-order valence-electron chi connectivity index (χ2n) is 3.77. The van der Waals surface area contributed by atoms with Crippen LogP contribution in [0.25, 0.3) is 0 Å². The molecule has 0 aliphatic rings. The van der Waals surface area contributed by atoms with E-state index in [9.17, 15) is 0 Å². The van der Waals surface area contributed by atoms with Gasteiger partial charge in [0, 0.05) is 18.8 Å². The Kier molecular flexibility index (Phi) is 7.23. The van der Waals surface area contributed by atoms with Crippen LogP contribution in [0.1, 0.15) is 45.4 Å². The van der Waals surface area contributed by atoms with Crippen LogP contribution < -0.4 is 5.73 Å². The fraction of sp³-hybridized carbons (Fsp3) is 1.00. The quantitative estimate of drug-likeness (QED) is 0.534. The molecule has 4 N–H and O–H groups in total. The van der Waals surface area contributed by atoms with E-state index in [0.29, 0.717) is 0 Å². The lowest BCUT2D eigenvalue weighted by Crippen LogP contribution is -2.40. The van der Waals surface area contributed by atoms with Gasteiger partial charge in [0.05, 0.1) is 0 Å². The molecular weight excluding hydrogens is 166 g/mol. The zero-order valence-electron chi connectivity index (χ0n) is 8.63. The van der Waals surface area contributed by atoms with Gasteiger partial charge in [-0.1, -0.05) is 13.3 Å². The van der Waals surface area contributed by atoms with Gasteiger partial charge in [0.15, 0.2) is 0 Å². The molecule has 3 heteroatoms. The van der Waals surface area contributed by atoms with Crippen LogP contribution in [0.3, 0.4) is 0 Å². The first-order valence-electron chi connectivity index (χ1n) is 5.19. The van der Waals surface area contributed by atoms with Gasteiger partial charge in [-0.15, -0.1) is 0 Å². The van der Waals surface area contributed by atoms with Crippen LogP contribution in [0.15, 0.2) is 0 Å². The van der Waals surface area contributed by atoms with E-state index in [0.717, 1.165) is 38.5 Å².